The number of phenols is 1. The molecule has 3 aromatic rings. The highest BCUT2D eigenvalue weighted by atomic mass is 35.5. The Hall–Kier alpha value is -3.05. The van der Waals surface area contributed by atoms with E-state index in [1.165, 1.54) is 13.0 Å². The molecule has 0 fully saturated rings. The molecule has 132 valence electrons. The van der Waals surface area contributed by atoms with Crippen LogP contribution >= 0.6 is 11.6 Å². The first-order chi connectivity index (χ1) is 12.5. The Labute approximate surface area is 155 Å². The number of phenolic OH excluding ortho intramolecular Hbond substituents is 1. The summed E-state index contributed by atoms with van der Waals surface area (Å²) in [5, 5.41) is 14.8. The third kappa shape index (κ3) is 3.78. The molecule has 0 aliphatic carbocycles. The normalized spacial score (nSPS) is 11.8. The number of rotatable bonds is 4. The fourth-order valence-electron chi connectivity index (χ4n) is 2.51. The molecule has 2 N–H and O–H groups in total. The van der Waals surface area contributed by atoms with Crippen molar-refractivity contribution in [1.82, 2.24) is 0 Å². The van der Waals surface area contributed by atoms with Gasteiger partial charge in [-0.15, -0.1) is 0 Å². The van der Waals surface area contributed by atoms with E-state index in [2.05, 4.69) is 5.32 Å². The van der Waals surface area contributed by atoms with Gasteiger partial charge in [-0.05, 0) is 36.6 Å². The molecule has 0 radical (unpaired) electrons. The van der Waals surface area contributed by atoms with Crippen molar-refractivity contribution in [2.75, 3.05) is 5.32 Å². The van der Waals surface area contributed by atoms with E-state index in [1.807, 2.05) is 12.1 Å². The predicted molar refractivity (Wildman–Crippen MR) is 101 cm³/mol. The predicted octanol–water partition coefficient (Wildman–Crippen LogP) is 4.38. The van der Waals surface area contributed by atoms with E-state index in [0.29, 0.717) is 16.1 Å². The number of ether oxygens (including phenoxy) is 1. The van der Waals surface area contributed by atoms with Crippen molar-refractivity contribution in [2.45, 2.75) is 13.0 Å². The fourth-order valence-corrected chi connectivity index (χ4v) is 2.70. The summed E-state index contributed by atoms with van der Waals surface area (Å²) in [4.78, 5) is 24.5. The first kappa shape index (κ1) is 17.8. The summed E-state index contributed by atoms with van der Waals surface area (Å²) < 4.78 is 5.19. The molecular weight excluding hydrogens is 354 g/mol. The van der Waals surface area contributed by atoms with Crippen LogP contribution in [0.25, 0.3) is 10.8 Å². The number of anilines is 1. The zero-order valence-electron chi connectivity index (χ0n) is 13.9. The lowest BCUT2D eigenvalue weighted by Crippen LogP contribution is -2.30. The number of aromatic hydroxyl groups is 1. The van der Waals surface area contributed by atoms with Crippen molar-refractivity contribution in [3.05, 3.63) is 71.2 Å². The van der Waals surface area contributed by atoms with Crippen LogP contribution in [0.4, 0.5) is 5.69 Å². The summed E-state index contributed by atoms with van der Waals surface area (Å²) in [6.07, 6.45) is -1.05. The summed E-state index contributed by atoms with van der Waals surface area (Å²) in [6, 6.07) is 17.0. The maximum absolute atomic E-state index is 12.3. The minimum atomic E-state index is -1.05. The Bertz CT molecular complexity index is 986. The smallest absolute Gasteiger partial charge is 0.342 e. The van der Waals surface area contributed by atoms with Crippen LogP contribution in [0.3, 0.4) is 0 Å². The molecule has 5 nitrogen and oxygen atoms in total. The van der Waals surface area contributed by atoms with E-state index < -0.39 is 18.0 Å². The Kier molecular flexibility index (Phi) is 5.09. The average molecular weight is 370 g/mol. The van der Waals surface area contributed by atoms with Gasteiger partial charge in [0.25, 0.3) is 5.91 Å². The SMILES string of the molecule is C[C@@H](OC(=O)c1ccc2ccccc2c1O)C(=O)Nc1cccc(Cl)c1. The summed E-state index contributed by atoms with van der Waals surface area (Å²) in [5.41, 5.74) is 0.505. The molecule has 26 heavy (non-hydrogen) atoms. The zero-order valence-corrected chi connectivity index (χ0v) is 14.7. The van der Waals surface area contributed by atoms with E-state index >= 15 is 0 Å². The van der Waals surface area contributed by atoms with Gasteiger partial charge in [0.05, 0.1) is 0 Å². The van der Waals surface area contributed by atoms with Crippen molar-refractivity contribution >= 4 is 39.9 Å². The molecule has 0 saturated heterocycles. The number of carbonyl (C=O) groups is 2. The maximum atomic E-state index is 12.3. The van der Waals surface area contributed by atoms with Crippen LogP contribution < -0.4 is 5.32 Å². The number of nitrogens with one attached hydrogen (secondary N) is 1. The second-order valence-electron chi connectivity index (χ2n) is 5.73. The molecule has 1 amide bonds. The van der Waals surface area contributed by atoms with Crippen LogP contribution in [-0.4, -0.2) is 23.1 Å². The number of halogens is 1. The summed E-state index contributed by atoms with van der Waals surface area (Å²) >= 11 is 5.87. The highest BCUT2D eigenvalue weighted by Gasteiger charge is 2.22. The number of hydrogen-bond acceptors (Lipinski definition) is 4. The highest BCUT2D eigenvalue weighted by Crippen LogP contribution is 2.29. The first-order valence-electron chi connectivity index (χ1n) is 7.94. The molecule has 0 heterocycles. The van der Waals surface area contributed by atoms with E-state index in [-0.39, 0.29) is 11.3 Å². The molecule has 0 aliphatic rings. The third-order valence-corrected chi connectivity index (χ3v) is 4.10. The van der Waals surface area contributed by atoms with Crippen LogP contribution in [0, 0.1) is 0 Å². The van der Waals surface area contributed by atoms with Gasteiger partial charge in [-0.3, -0.25) is 4.79 Å². The lowest BCUT2D eigenvalue weighted by Gasteiger charge is -2.14. The van der Waals surface area contributed by atoms with Crippen molar-refractivity contribution in [1.29, 1.82) is 0 Å². The molecule has 6 heteroatoms. The van der Waals surface area contributed by atoms with Crippen molar-refractivity contribution in [2.24, 2.45) is 0 Å². The average Bonchev–Trinajstić information content (AvgIpc) is 2.62. The van der Waals surface area contributed by atoms with E-state index in [9.17, 15) is 14.7 Å². The van der Waals surface area contributed by atoms with Gasteiger partial charge in [0.1, 0.15) is 11.3 Å². The zero-order chi connectivity index (χ0) is 18.7. The third-order valence-electron chi connectivity index (χ3n) is 3.87. The maximum Gasteiger partial charge on any atom is 0.342 e. The Morgan fingerprint density at radius 2 is 1.85 bits per heavy atom. The van der Waals surface area contributed by atoms with Gasteiger partial charge in [-0.25, -0.2) is 4.79 Å². The molecule has 3 rings (SSSR count). The van der Waals surface area contributed by atoms with Gasteiger partial charge in [-0.1, -0.05) is 48.0 Å². The number of fused-ring (bicyclic) bond motifs is 1. The monoisotopic (exact) mass is 369 g/mol. The van der Waals surface area contributed by atoms with Gasteiger partial charge in [-0.2, -0.15) is 0 Å². The van der Waals surface area contributed by atoms with Gasteiger partial charge in [0, 0.05) is 16.1 Å². The van der Waals surface area contributed by atoms with E-state index in [1.54, 1.807) is 42.5 Å². The molecular formula is C20H16ClNO4. The number of esters is 1. The molecule has 0 unspecified atom stereocenters. The van der Waals surface area contributed by atoms with Crippen LogP contribution in [0.2, 0.25) is 5.02 Å². The topological polar surface area (TPSA) is 75.6 Å². The van der Waals surface area contributed by atoms with Gasteiger partial charge >= 0.3 is 5.97 Å². The van der Waals surface area contributed by atoms with Crippen LogP contribution in [0.15, 0.2) is 60.7 Å². The Morgan fingerprint density at radius 3 is 2.62 bits per heavy atom. The minimum Gasteiger partial charge on any atom is -0.506 e. The summed E-state index contributed by atoms with van der Waals surface area (Å²) in [5.74, 6) is -1.45. The van der Waals surface area contributed by atoms with Gasteiger partial charge in [0.2, 0.25) is 0 Å². The molecule has 0 bridgehead atoms. The number of amides is 1. The van der Waals surface area contributed by atoms with Crippen molar-refractivity contribution in [3.63, 3.8) is 0 Å². The Morgan fingerprint density at radius 1 is 1.08 bits per heavy atom. The molecule has 0 aromatic heterocycles. The minimum absolute atomic E-state index is 0.00565. The number of benzene rings is 3. The summed E-state index contributed by atoms with van der Waals surface area (Å²) in [6.45, 7) is 1.45. The van der Waals surface area contributed by atoms with Crippen molar-refractivity contribution < 1.29 is 19.4 Å². The second-order valence-corrected chi connectivity index (χ2v) is 6.17. The Balaban J connectivity index is 1.73. The molecule has 0 saturated carbocycles. The lowest BCUT2D eigenvalue weighted by molar-refractivity contribution is -0.123. The van der Waals surface area contributed by atoms with Gasteiger partial charge < -0.3 is 15.2 Å². The fraction of sp³-hybridized carbons (Fsp3) is 0.100. The molecule has 0 aliphatic heterocycles. The number of hydrogen-bond donors (Lipinski definition) is 2. The van der Waals surface area contributed by atoms with Crippen molar-refractivity contribution in [3.8, 4) is 5.75 Å². The first-order valence-corrected chi connectivity index (χ1v) is 8.31. The standard InChI is InChI=1S/C20H16ClNO4/c1-12(19(24)22-15-7-4-6-14(21)11-15)26-20(25)17-10-9-13-5-2-3-8-16(13)18(17)23/h2-12,23H,1H3,(H,22,24)/t12-/m1/s1. The van der Waals surface area contributed by atoms with E-state index in [0.717, 1.165) is 5.39 Å². The highest BCUT2D eigenvalue weighted by molar-refractivity contribution is 6.30. The molecule has 1 atom stereocenters. The number of carbonyl (C=O) groups excluding carboxylic acids is 2. The molecule has 3 aromatic carbocycles. The van der Waals surface area contributed by atoms with Gasteiger partial charge in [0.15, 0.2) is 6.10 Å². The lowest BCUT2D eigenvalue weighted by atomic mass is 10.1. The molecule has 0 spiro atoms. The van der Waals surface area contributed by atoms with E-state index in [4.69, 9.17) is 16.3 Å². The quantitative estimate of drug-likeness (QED) is 0.669. The second kappa shape index (κ2) is 7.45. The van der Waals surface area contributed by atoms with Crippen LogP contribution in [0.5, 0.6) is 5.75 Å². The largest absolute Gasteiger partial charge is 0.506 e. The van der Waals surface area contributed by atoms with Crippen LogP contribution in [-0.2, 0) is 9.53 Å². The van der Waals surface area contributed by atoms with Crippen LogP contribution in [0.1, 0.15) is 17.3 Å². The summed E-state index contributed by atoms with van der Waals surface area (Å²) in [7, 11) is 0.